The highest BCUT2D eigenvalue weighted by atomic mass is 16.5. The molecule has 0 spiro atoms. The normalized spacial score (nSPS) is 14.4. The maximum absolute atomic E-state index is 9.15. The molecule has 0 amide bonds. The average Bonchev–Trinajstić information content (AvgIpc) is 3.90. The first-order valence-electron chi connectivity index (χ1n) is 25.8. The fraction of sp³-hybridized carbons (Fsp3) is 0.155. The fourth-order valence-corrected chi connectivity index (χ4v) is 8.48. The summed E-state index contributed by atoms with van der Waals surface area (Å²) in [5, 5.41) is 2.21. The molecule has 8 aromatic carbocycles. The molecule has 0 unspecified atom stereocenters. The van der Waals surface area contributed by atoms with E-state index in [0.717, 1.165) is 33.1 Å². The van der Waals surface area contributed by atoms with Gasteiger partial charge in [0, 0.05) is 22.5 Å². The number of para-hydroxylation sites is 3. The zero-order valence-corrected chi connectivity index (χ0v) is 35.6. The van der Waals surface area contributed by atoms with Crippen LogP contribution in [0.1, 0.15) is 66.4 Å². The van der Waals surface area contributed by atoms with E-state index in [1.54, 1.807) is 22.8 Å². The summed E-state index contributed by atoms with van der Waals surface area (Å²) < 4.78 is 101. The average molecular weight is 816 g/mol. The molecular weight excluding hydrogens is 755 g/mol. The minimum absolute atomic E-state index is 0.0513. The number of hydrogen-bond donors (Lipinski definition) is 0. The Morgan fingerprint density at radius 2 is 1.18 bits per heavy atom. The lowest BCUT2D eigenvalue weighted by Crippen LogP contribution is -2.32. The third-order valence-corrected chi connectivity index (χ3v) is 11.2. The van der Waals surface area contributed by atoms with Crippen LogP contribution < -0.4 is 9.30 Å². The summed E-state index contributed by atoms with van der Waals surface area (Å²) in [6.07, 6.45) is 4.14. The molecule has 10 aromatic rings. The maximum atomic E-state index is 9.15. The van der Waals surface area contributed by atoms with E-state index in [1.807, 2.05) is 53.1 Å². The van der Waals surface area contributed by atoms with E-state index < -0.39 is 60.4 Å². The van der Waals surface area contributed by atoms with Crippen LogP contribution in [-0.4, -0.2) is 9.13 Å². The van der Waals surface area contributed by atoms with Gasteiger partial charge in [-0.25, -0.2) is 0 Å². The Kier molecular flexibility index (Phi) is 7.23. The van der Waals surface area contributed by atoms with Crippen molar-refractivity contribution >= 4 is 32.8 Å². The molecule has 0 fully saturated rings. The molecule has 0 saturated carbocycles. The van der Waals surface area contributed by atoms with Crippen LogP contribution in [0.15, 0.2) is 188 Å². The van der Waals surface area contributed by atoms with Crippen molar-refractivity contribution in [3.05, 3.63) is 205 Å². The number of ether oxygens (including phenoxy) is 1. The summed E-state index contributed by atoms with van der Waals surface area (Å²) in [7, 11) is 0. The molecule has 62 heavy (non-hydrogen) atoms. The van der Waals surface area contributed by atoms with E-state index in [1.165, 1.54) is 5.56 Å². The lowest BCUT2D eigenvalue weighted by atomic mass is 9.87. The van der Waals surface area contributed by atoms with E-state index in [0.29, 0.717) is 34.6 Å². The van der Waals surface area contributed by atoms with Crippen molar-refractivity contribution in [3.63, 3.8) is 0 Å². The van der Waals surface area contributed by atoms with Gasteiger partial charge in [0.1, 0.15) is 11.5 Å². The molecule has 0 aliphatic rings. The first-order valence-corrected chi connectivity index (χ1v) is 20.8. The highest BCUT2D eigenvalue weighted by Gasteiger charge is 2.24. The van der Waals surface area contributed by atoms with Gasteiger partial charge in [-0.1, -0.05) is 175 Å². The molecule has 10 rings (SSSR count). The molecule has 4 nitrogen and oxygen atoms in total. The maximum Gasteiger partial charge on any atom is 0.269 e. The second-order valence-electron chi connectivity index (χ2n) is 17.9. The zero-order chi connectivity index (χ0) is 51.3. The molecule has 0 saturated heterocycles. The Hall–Kier alpha value is -7.17. The van der Waals surface area contributed by atoms with Gasteiger partial charge in [-0.15, -0.1) is 0 Å². The van der Waals surface area contributed by atoms with Crippen molar-refractivity contribution in [2.24, 2.45) is 5.41 Å². The van der Waals surface area contributed by atoms with Crippen LogP contribution in [0, 0.1) is 11.7 Å². The number of benzene rings is 8. The van der Waals surface area contributed by atoms with Crippen molar-refractivity contribution in [1.82, 2.24) is 9.13 Å². The summed E-state index contributed by atoms with van der Waals surface area (Å²) in [4.78, 5) is 0. The molecule has 0 bridgehead atoms. The standard InChI is InChI=1S/C58H51N3O/c1-57(2,3)38-42-23-15-32-53-55(42)60(56-48(40-19-9-7-10-20-40)29-18-30-49(56)41-21-11-8-12-22-41)39-59(53)44-25-17-27-46(36-44)62-47-33-34-51-50-28-13-14-31-52(50)61(54(51)37-47)45-26-16-24-43(35-45)58(4,5)6/h7-37H,38H2,1-6H3/i7D,8D,9D,10D,11D,12D,19D,20D,21D,22D. The van der Waals surface area contributed by atoms with Gasteiger partial charge < -0.3 is 9.30 Å². The van der Waals surface area contributed by atoms with Crippen LogP contribution in [0.3, 0.4) is 0 Å². The summed E-state index contributed by atoms with van der Waals surface area (Å²) in [6.45, 7) is 13.0. The van der Waals surface area contributed by atoms with Gasteiger partial charge in [0.2, 0.25) is 0 Å². The second-order valence-corrected chi connectivity index (χ2v) is 17.9. The topological polar surface area (TPSA) is 23.0 Å². The van der Waals surface area contributed by atoms with Gasteiger partial charge in [-0.05, 0) is 99.2 Å². The Labute approximate surface area is 379 Å². The first kappa shape index (κ1) is 29.1. The molecule has 0 aliphatic heterocycles. The second kappa shape index (κ2) is 15.4. The SMILES string of the molecule is [2H]c1c([2H])c([2H])c(-c2cccc(-c3c([2H])c([2H])c([2H])c([2H])c3[2H])c2-[n+]2[c-]n(-c3cccc(Oc4ccc5c6ccccc6n(-c6cccc(C(C)(C)C)c6)c5c4)c3)c3cccc(CC(C)(C)C)c32)c([2H])c1[2H]. The molecule has 0 aliphatic carbocycles. The number of imidazole rings is 1. The Balaban J connectivity index is 1.20. The molecule has 2 heterocycles. The van der Waals surface area contributed by atoms with Gasteiger partial charge in [0.05, 0.1) is 47.1 Å². The van der Waals surface area contributed by atoms with Gasteiger partial charge in [-0.3, -0.25) is 9.13 Å². The van der Waals surface area contributed by atoms with Crippen molar-refractivity contribution in [3.8, 4) is 50.8 Å². The van der Waals surface area contributed by atoms with E-state index in [4.69, 9.17) is 18.4 Å². The Morgan fingerprint density at radius 1 is 0.565 bits per heavy atom. The van der Waals surface area contributed by atoms with Crippen LogP contribution in [0.25, 0.3) is 72.2 Å². The van der Waals surface area contributed by atoms with Gasteiger partial charge in [-0.2, -0.15) is 0 Å². The Bertz CT molecular complexity index is 3710. The van der Waals surface area contributed by atoms with E-state index in [9.17, 15) is 0 Å². The largest absolute Gasteiger partial charge is 0.458 e. The molecular formula is C58H51N3O. The highest BCUT2D eigenvalue weighted by molar-refractivity contribution is 6.09. The fourth-order valence-electron chi connectivity index (χ4n) is 8.48. The van der Waals surface area contributed by atoms with Crippen LogP contribution in [-0.2, 0) is 11.8 Å². The summed E-state index contributed by atoms with van der Waals surface area (Å²) in [5.41, 5.74) is 7.28. The Morgan fingerprint density at radius 3 is 1.89 bits per heavy atom. The number of hydrogen-bond acceptors (Lipinski definition) is 1. The number of aromatic nitrogens is 3. The molecule has 0 atom stereocenters. The third-order valence-electron chi connectivity index (χ3n) is 11.2. The van der Waals surface area contributed by atoms with E-state index >= 15 is 0 Å². The summed E-state index contributed by atoms with van der Waals surface area (Å²) >= 11 is 0. The molecule has 304 valence electrons. The highest BCUT2D eigenvalue weighted by Crippen LogP contribution is 2.39. The van der Waals surface area contributed by atoms with Crippen molar-refractivity contribution < 1.29 is 23.0 Å². The van der Waals surface area contributed by atoms with E-state index in [-0.39, 0.29) is 38.8 Å². The monoisotopic (exact) mass is 815 g/mol. The summed E-state index contributed by atoms with van der Waals surface area (Å²) in [5.74, 6) is 1.16. The van der Waals surface area contributed by atoms with Gasteiger partial charge >= 0.3 is 0 Å². The van der Waals surface area contributed by atoms with Crippen LogP contribution >= 0.6 is 0 Å². The van der Waals surface area contributed by atoms with Crippen LogP contribution in [0.4, 0.5) is 0 Å². The summed E-state index contributed by atoms with van der Waals surface area (Å²) in [6, 6.07) is 36.4. The van der Waals surface area contributed by atoms with E-state index in [2.05, 4.69) is 113 Å². The zero-order valence-electron chi connectivity index (χ0n) is 45.6. The molecule has 4 heteroatoms. The minimum Gasteiger partial charge on any atom is -0.458 e. The smallest absolute Gasteiger partial charge is 0.269 e. The molecule has 0 N–H and O–H groups in total. The van der Waals surface area contributed by atoms with Crippen molar-refractivity contribution in [2.75, 3.05) is 0 Å². The lowest BCUT2D eigenvalue weighted by molar-refractivity contribution is -0.571. The van der Waals surface area contributed by atoms with Crippen molar-refractivity contribution in [2.45, 2.75) is 53.4 Å². The van der Waals surface area contributed by atoms with Gasteiger partial charge in [0.25, 0.3) is 6.33 Å². The quantitative estimate of drug-likeness (QED) is 0.111. The predicted octanol–water partition coefficient (Wildman–Crippen LogP) is 14.8. The number of rotatable bonds is 8. The van der Waals surface area contributed by atoms with Crippen LogP contribution in [0.5, 0.6) is 11.5 Å². The lowest BCUT2D eigenvalue weighted by Gasteiger charge is -2.21. The number of nitrogens with zero attached hydrogens (tertiary/aromatic N) is 3. The van der Waals surface area contributed by atoms with Crippen molar-refractivity contribution in [1.29, 1.82) is 0 Å². The first-order chi connectivity index (χ1) is 34.1. The molecule has 0 radical (unpaired) electrons. The minimum atomic E-state index is -0.560. The van der Waals surface area contributed by atoms with Crippen LogP contribution in [0.2, 0.25) is 0 Å². The third kappa shape index (κ3) is 7.26. The van der Waals surface area contributed by atoms with Gasteiger partial charge in [0.15, 0.2) is 0 Å². The molecule has 2 aromatic heterocycles. The number of fused-ring (bicyclic) bond motifs is 4. The predicted molar refractivity (Wildman–Crippen MR) is 257 cm³/mol.